The number of rotatable bonds is 6. The number of hydrogen-bond acceptors (Lipinski definition) is 4. The first kappa shape index (κ1) is 11.9. The molecule has 0 aliphatic rings. The quantitative estimate of drug-likeness (QED) is 0.717. The smallest absolute Gasteiger partial charge is 0.249 e. The van der Waals surface area contributed by atoms with Crippen LogP contribution in [0.2, 0.25) is 0 Å². The van der Waals surface area contributed by atoms with Crippen LogP contribution in [0.3, 0.4) is 0 Å². The van der Waals surface area contributed by atoms with E-state index in [2.05, 4.69) is 21.8 Å². The zero-order chi connectivity index (χ0) is 11.3. The topological polar surface area (TPSA) is 79.0 Å². The Bertz CT molecular complexity index is 398. The summed E-state index contributed by atoms with van der Waals surface area (Å²) in [5.74, 6) is 0. The van der Waals surface area contributed by atoms with E-state index in [1.165, 1.54) is 10.6 Å². The lowest BCUT2D eigenvalue weighted by Crippen LogP contribution is -2.32. The minimum atomic E-state index is -3.55. The molecular formula is C8H14N4O2S. The molecule has 0 spiro atoms. The summed E-state index contributed by atoms with van der Waals surface area (Å²) < 4.78 is 25.1. The molecule has 1 aromatic rings. The van der Waals surface area contributed by atoms with Gasteiger partial charge in [-0.1, -0.05) is 13.0 Å². The minimum absolute atomic E-state index is 0.127. The second kappa shape index (κ2) is 5.04. The van der Waals surface area contributed by atoms with E-state index in [-0.39, 0.29) is 11.7 Å². The van der Waals surface area contributed by atoms with Crippen LogP contribution in [0.25, 0.3) is 0 Å². The third kappa shape index (κ3) is 2.63. The van der Waals surface area contributed by atoms with Gasteiger partial charge in [-0.25, -0.2) is 18.5 Å². The summed E-state index contributed by atoms with van der Waals surface area (Å²) in [6.45, 7) is 6.15. The van der Waals surface area contributed by atoms with Crippen LogP contribution in [-0.4, -0.2) is 41.0 Å². The summed E-state index contributed by atoms with van der Waals surface area (Å²) in [5, 5.41) is 5.75. The number of hydrogen-bond donors (Lipinski definition) is 1. The summed E-state index contributed by atoms with van der Waals surface area (Å²) in [7, 11) is -3.55. The summed E-state index contributed by atoms with van der Waals surface area (Å²) >= 11 is 0. The number of nitrogens with zero attached hydrogens (tertiary/aromatic N) is 3. The molecule has 0 aromatic carbocycles. The van der Waals surface area contributed by atoms with Crippen molar-refractivity contribution in [2.24, 2.45) is 0 Å². The van der Waals surface area contributed by atoms with E-state index in [4.69, 9.17) is 0 Å². The first-order valence-corrected chi connectivity index (χ1v) is 6.03. The lowest BCUT2D eigenvalue weighted by atomic mass is 10.5. The van der Waals surface area contributed by atoms with E-state index in [9.17, 15) is 8.42 Å². The van der Waals surface area contributed by atoms with Gasteiger partial charge in [0.25, 0.3) is 15.2 Å². The van der Waals surface area contributed by atoms with Gasteiger partial charge in [0, 0.05) is 13.1 Å². The molecule has 1 N–H and O–H groups in total. The molecule has 0 saturated carbocycles. The van der Waals surface area contributed by atoms with Crippen LogP contribution in [0.1, 0.15) is 13.3 Å². The van der Waals surface area contributed by atoms with Crippen LogP contribution >= 0.6 is 0 Å². The van der Waals surface area contributed by atoms with Gasteiger partial charge in [-0.3, -0.25) is 0 Å². The summed E-state index contributed by atoms with van der Waals surface area (Å²) in [6, 6.07) is 0. The molecule has 0 unspecified atom stereocenters. The third-order valence-corrected chi connectivity index (χ3v) is 3.48. The molecule has 0 saturated heterocycles. The average molecular weight is 230 g/mol. The third-order valence-electron chi connectivity index (χ3n) is 1.78. The maximum Gasteiger partial charge on any atom is 0.278 e. The summed E-state index contributed by atoms with van der Waals surface area (Å²) in [6.07, 6.45) is 3.45. The van der Waals surface area contributed by atoms with E-state index in [0.717, 1.165) is 6.42 Å². The predicted octanol–water partition coefficient (Wildman–Crippen LogP) is 0.391. The number of H-pyrrole nitrogens is 1. The second-order valence-electron chi connectivity index (χ2n) is 2.94. The lowest BCUT2D eigenvalue weighted by Gasteiger charge is -2.17. The van der Waals surface area contributed by atoms with Gasteiger partial charge in [-0.15, -0.1) is 6.58 Å². The van der Waals surface area contributed by atoms with E-state index >= 15 is 0 Å². The molecule has 1 aromatic heterocycles. The fourth-order valence-electron chi connectivity index (χ4n) is 1.14. The fraction of sp³-hybridized carbons (Fsp3) is 0.500. The van der Waals surface area contributed by atoms with Crippen molar-refractivity contribution in [2.75, 3.05) is 13.1 Å². The highest BCUT2D eigenvalue weighted by molar-refractivity contribution is 7.88. The van der Waals surface area contributed by atoms with Crippen molar-refractivity contribution in [3.05, 3.63) is 19.0 Å². The average Bonchev–Trinajstić information content (AvgIpc) is 2.70. The summed E-state index contributed by atoms with van der Waals surface area (Å²) in [4.78, 5) is 3.64. The van der Waals surface area contributed by atoms with Gasteiger partial charge in [-0.2, -0.15) is 9.40 Å². The lowest BCUT2D eigenvalue weighted by molar-refractivity contribution is 0.436. The Morgan fingerprint density at radius 1 is 1.67 bits per heavy atom. The van der Waals surface area contributed by atoms with E-state index < -0.39 is 10.0 Å². The van der Waals surface area contributed by atoms with Crippen LogP contribution in [0, 0.1) is 0 Å². The molecule has 0 aliphatic heterocycles. The van der Waals surface area contributed by atoms with Crippen molar-refractivity contribution < 1.29 is 8.42 Å². The molecule has 0 amide bonds. The zero-order valence-electron chi connectivity index (χ0n) is 8.55. The normalized spacial score (nSPS) is 11.9. The fourth-order valence-corrected chi connectivity index (χ4v) is 2.46. The molecule has 1 rings (SSSR count). The van der Waals surface area contributed by atoms with E-state index in [0.29, 0.717) is 6.54 Å². The van der Waals surface area contributed by atoms with Gasteiger partial charge < -0.3 is 0 Å². The van der Waals surface area contributed by atoms with Gasteiger partial charge in [0.1, 0.15) is 6.33 Å². The van der Waals surface area contributed by atoms with Crippen molar-refractivity contribution in [3.63, 3.8) is 0 Å². The van der Waals surface area contributed by atoms with Crippen LogP contribution in [-0.2, 0) is 10.0 Å². The second-order valence-corrected chi connectivity index (χ2v) is 4.80. The molecule has 0 atom stereocenters. The molecule has 0 aliphatic carbocycles. The minimum Gasteiger partial charge on any atom is -0.249 e. The molecule has 15 heavy (non-hydrogen) atoms. The van der Waals surface area contributed by atoms with Crippen molar-refractivity contribution in [1.82, 2.24) is 19.5 Å². The van der Waals surface area contributed by atoms with Crippen molar-refractivity contribution in [3.8, 4) is 0 Å². The zero-order valence-corrected chi connectivity index (χ0v) is 9.37. The number of aromatic amines is 1. The van der Waals surface area contributed by atoms with Crippen LogP contribution in [0.4, 0.5) is 0 Å². The Kier molecular flexibility index (Phi) is 3.98. The molecule has 7 heteroatoms. The van der Waals surface area contributed by atoms with Crippen LogP contribution in [0.15, 0.2) is 24.1 Å². The number of aromatic nitrogens is 3. The van der Waals surface area contributed by atoms with Crippen LogP contribution in [0.5, 0.6) is 0 Å². The molecule has 6 nitrogen and oxygen atoms in total. The maximum absolute atomic E-state index is 11.9. The Labute approximate surface area is 89.1 Å². The maximum atomic E-state index is 11.9. The predicted molar refractivity (Wildman–Crippen MR) is 55.6 cm³/mol. The van der Waals surface area contributed by atoms with Crippen LogP contribution < -0.4 is 0 Å². The Morgan fingerprint density at radius 2 is 2.40 bits per heavy atom. The Hall–Kier alpha value is -1.21. The van der Waals surface area contributed by atoms with Gasteiger partial charge in [0.05, 0.1) is 0 Å². The Balaban J connectivity index is 2.96. The highest BCUT2D eigenvalue weighted by atomic mass is 32.2. The largest absolute Gasteiger partial charge is 0.278 e. The van der Waals surface area contributed by atoms with Crippen molar-refractivity contribution >= 4 is 10.0 Å². The highest BCUT2D eigenvalue weighted by Crippen LogP contribution is 2.09. The SMILES string of the molecule is C=CCN(CCC)S(=O)(=O)c1ncn[nH]1. The van der Waals surface area contributed by atoms with Gasteiger partial charge >= 0.3 is 0 Å². The van der Waals surface area contributed by atoms with Gasteiger partial charge in [0.15, 0.2) is 0 Å². The van der Waals surface area contributed by atoms with Crippen molar-refractivity contribution in [2.45, 2.75) is 18.5 Å². The molecule has 84 valence electrons. The highest BCUT2D eigenvalue weighted by Gasteiger charge is 2.25. The van der Waals surface area contributed by atoms with E-state index in [1.807, 2.05) is 6.92 Å². The first-order chi connectivity index (χ1) is 7.12. The molecule has 1 heterocycles. The van der Waals surface area contributed by atoms with E-state index in [1.54, 1.807) is 6.08 Å². The first-order valence-electron chi connectivity index (χ1n) is 4.59. The molecule has 0 bridgehead atoms. The van der Waals surface area contributed by atoms with Gasteiger partial charge in [-0.05, 0) is 6.42 Å². The van der Waals surface area contributed by atoms with Crippen molar-refractivity contribution in [1.29, 1.82) is 0 Å². The Morgan fingerprint density at radius 3 is 2.87 bits per heavy atom. The number of nitrogens with one attached hydrogen (secondary N) is 1. The molecule has 0 radical (unpaired) electrons. The summed E-state index contributed by atoms with van der Waals surface area (Å²) in [5.41, 5.74) is 0. The standard InChI is InChI=1S/C8H14N4O2S/c1-3-5-12(6-4-2)15(13,14)8-9-7-10-11-8/h3,7H,1,4-6H2,2H3,(H,9,10,11). The molecule has 0 fully saturated rings. The van der Waals surface area contributed by atoms with Gasteiger partial charge in [0.2, 0.25) is 0 Å². The monoisotopic (exact) mass is 230 g/mol. The number of sulfonamides is 1. The molecular weight excluding hydrogens is 216 g/mol.